The summed E-state index contributed by atoms with van der Waals surface area (Å²) in [4.78, 5) is 14.5. The van der Waals surface area contributed by atoms with Crippen molar-refractivity contribution in [2.45, 2.75) is 31.8 Å². The molecule has 0 saturated carbocycles. The third-order valence-electron chi connectivity index (χ3n) is 4.62. The van der Waals surface area contributed by atoms with Gasteiger partial charge in [-0.15, -0.1) is 0 Å². The zero-order valence-corrected chi connectivity index (χ0v) is 14.8. The molecule has 1 aromatic heterocycles. The van der Waals surface area contributed by atoms with Crippen LogP contribution in [-0.4, -0.2) is 54.4 Å². The van der Waals surface area contributed by atoms with Gasteiger partial charge < -0.3 is 14.4 Å². The van der Waals surface area contributed by atoms with Crippen LogP contribution in [0.4, 0.5) is 0 Å². The maximum Gasteiger partial charge on any atom is 0.257 e. The summed E-state index contributed by atoms with van der Waals surface area (Å²) in [5, 5.41) is 7.00. The number of aromatic amines is 1. The molecule has 2 aromatic rings. The Morgan fingerprint density at radius 1 is 1.48 bits per heavy atom. The number of hydrogen-bond donors (Lipinski definition) is 1. The molecule has 2 heterocycles. The Hall–Kier alpha value is -2.34. The van der Waals surface area contributed by atoms with Gasteiger partial charge in [0.2, 0.25) is 0 Å². The number of nitrogens with one attached hydrogen (secondary N) is 1. The number of benzene rings is 1. The lowest BCUT2D eigenvalue weighted by molar-refractivity contribution is 0.0764. The van der Waals surface area contributed by atoms with Gasteiger partial charge in [-0.1, -0.05) is 12.1 Å². The van der Waals surface area contributed by atoms with Crippen molar-refractivity contribution < 1.29 is 14.3 Å². The van der Waals surface area contributed by atoms with Gasteiger partial charge in [0.15, 0.2) is 0 Å². The number of carbonyl (C=O) groups is 1. The van der Waals surface area contributed by atoms with Gasteiger partial charge in [-0.3, -0.25) is 9.89 Å². The lowest BCUT2D eigenvalue weighted by Gasteiger charge is -2.18. The first-order chi connectivity index (χ1) is 12.2. The maximum absolute atomic E-state index is 12.8. The van der Waals surface area contributed by atoms with Crippen molar-refractivity contribution in [2.24, 2.45) is 0 Å². The van der Waals surface area contributed by atoms with Crippen LogP contribution in [0.25, 0.3) is 11.3 Å². The number of rotatable bonds is 7. The fourth-order valence-electron chi connectivity index (χ4n) is 3.18. The second kappa shape index (κ2) is 8.16. The van der Waals surface area contributed by atoms with E-state index < -0.39 is 0 Å². The molecule has 1 amide bonds. The van der Waals surface area contributed by atoms with Crippen LogP contribution in [0.1, 0.15) is 36.0 Å². The van der Waals surface area contributed by atoms with Crippen molar-refractivity contribution in [3.8, 4) is 17.0 Å². The van der Waals surface area contributed by atoms with E-state index in [0.717, 1.165) is 49.3 Å². The molecule has 1 N–H and O–H groups in total. The van der Waals surface area contributed by atoms with Gasteiger partial charge in [0.05, 0.1) is 30.7 Å². The van der Waals surface area contributed by atoms with Crippen LogP contribution in [0.3, 0.4) is 0 Å². The zero-order chi connectivity index (χ0) is 17.6. The molecule has 0 bridgehead atoms. The zero-order valence-electron chi connectivity index (χ0n) is 14.8. The summed E-state index contributed by atoms with van der Waals surface area (Å²) in [5.74, 6) is 0.717. The van der Waals surface area contributed by atoms with Crippen LogP contribution < -0.4 is 4.74 Å². The Bertz CT molecular complexity index is 707. The van der Waals surface area contributed by atoms with E-state index in [4.69, 9.17) is 9.47 Å². The lowest BCUT2D eigenvalue weighted by Crippen LogP contribution is -2.28. The molecule has 1 aliphatic rings. The average Bonchev–Trinajstić information content (AvgIpc) is 3.32. The van der Waals surface area contributed by atoms with Crippen LogP contribution >= 0.6 is 0 Å². The third kappa shape index (κ3) is 4.20. The standard InChI is InChI=1S/C19H25N3O3/c1-22(10-4-8-15-9-5-11-25-15)19(23)17-13-20-21-18(17)14-6-3-7-16(12-14)24-2/h3,6-7,12-13,15H,4-5,8-11H2,1-2H3,(H,20,21)/t15-/m0/s1. The monoisotopic (exact) mass is 343 g/mol. The molecule has 0 radical (unpaired) electrons. The smallest absolute Gasteiger partial charge is 0.257 e. The van der Waals surface area contributed by atoms with Crippen LogP contribution in [-0.2, 0) is 4.74 Å². The van der Waals surface area contributed by atoms with E-state index in [1.165, 1.54) is 0 Å². The van der Waals surface area contributed by atoms with Gasteiger partial charge in [0, 0.05) is 25.8 Å². The highest BCUT2D eigenvalue weighted by Crippen LogP contribution is 2.26. The second-order valence-corrected chi connectivity index (χ2v) is 6.39. The average molecular weight is 343 g/mol. The molecule has 1 fully saturated rings. The number of aromatic nitrogens is 2. The van der Waals surface area contributed by atoms with Gasteiger partial charge in [0.1, 0.15) is 5.75 Å². The number of nitrogens with zero attached hydrogens (tertiary/aromatic N) is 2. The van der Waals surface area contributed by atoms with Crippen LogP contribution in [0.15, 0.2) is 30.5 Å². The minimum absolute atomic E-state index is 0.0288. The van der Waals surface area contributed by atoms with Crippen LogP contribution in [0.5, 0.6) is 5.75 Å². The summed E-state index contributed by atoms with van der Waals surface area (Å²) in [6, 6.07) is 7.60. The fraction of sp³-hybridized carbons (Fsp3) is 0.474. The van der Waals surface area contributed by atoms with E-state index in [-0.39, 0.29) is 5.91 Å². The van der Waals surface area contributed by atoms with Crippen LogP contribution in [0, 0.1) is 0 Å². The molecule has 0 aliphatic carbocycles. The molecule has 6 heteroatoms. The molecule has 25 heavy (non-hydrogen) atoms. The van der Waals surface area contributed by atoms with Crippen molar-refractivity contribution in [2.75, 3.05) is 27.3 Å². The Kier molecular flexibility index (Phi) is 5.71. The third-order valence-corrected chi connectivity index (χ3v) is 4.62. The SMILES string of the molecule is COc1cccc(-c2[nH]ncc2C(=O)N(C)CCC[C@H]2CCCO2)c1. The molecule has 1 aromatic carbocycles. The van der Waals surface area contributed by atoms with E-state index in [2.05, 4.69) is 10.2 Å². The summed E-state index contributed by atoms with van der Waals surface area (Å²) in [7, 11) is 3.46. The Labute approximate surface area is 148 Å². The number of ether oxygens (including phenoxy) is 2. The van der Waals surface area contributed by atoms with Crippen molar-refractivity contribution in [1.29, 1.82) is 0 Å². The van der Waals surface area contributed by atoms with Crippen molar-refractivity contribution >= 4 is 5.91 Å². The van der Waals surface area contributed by atoms with E-state index in [1.807, 2.05) is 31.3 Å². The molecule has 1 aliphatic heterocycles. The van der Waals surface area contributed by atoms with E-state index in [0.29, 0.717) is 18.2 Å². The van der Waals surface area contributed by atoms with Gasteiger partial charge >= 0.3 is 0 Å². The quantitative estimate of drug-likeness (QED) is 0.839. The van der Waals surface area contributed by atoms with Gasteiger partial charge in [-0.25, -0.2) is 0 Å². The molecular formula is C19H25N3O3. The minimum Gasteiger partial charge on any atom is -0.497 e. The molecule has 1 atom stereocenters. The largest absolute Gasteiger partial charge is 0.497 e. The number of H-pyrrole nitrogens is 1. The Morgan fingerprint density at radius 2 is 2.36 bits per heavy atom. The lowest BCUT2D eigenvalue weighted by atomic mass is 10.1. The maximum atomic E-state index is 12.8. The molecule has 1 saturated heterocycles. The first-order valence-electron chi connectivity index (χ1n) is 8.74. The minimum atomic E-state index is -0.0288. The normalized spacial score (nSPS) is 16.8. The van der Waals surface area contributed by atoms with Crippen LogP contribution in [0.2, 0.25) is 0 Å². The second-order valence-electron chi connectivity index (χ2n) is 6.39. The Balaban J connectivity index is 1.64. The van der Waals surface area contributed by atoms with E-state index in [1.54, 1.807) is 18.2 Å². The van der Waals surface area contributed by atoms with Gasteiger partial charge in [-0.2, -0.15) is 5.10 Å². The summed E-state index contributed by atoms with van der Waals surface area (Å²) in [5.41, 5.74) is 2.18. The summed E-state index contributed by atoms with van der Waals surface area (Å²) < 4.78 is 10.9. The fourth-order valence-corrected chi connectivity index (χ4v) is 3.18. The van der Waals surface area contributed by atoms with Crippen molar-refractivity contribution in [3.63, 3.8) is 0 Å². The first-order valence-corrected chi connectivity index (χ1v) is 8.74. The van der Waals surface area contributed by atoms with Crippen molar-refractivity contribution in [1.82, 2.24) is 15.1 Å². The predicted octanol–water partition coefficient (Wildman–Crippen LogP) is 3.12. The summed E-state index contributed by atoms with van der Waals surface area (Å²) in [6.45, 7) is 1.58. The number of hydrogen-bond acceptors (Lipinski definition) is 4. The molecule has 0 unspecified atom stereocenters. The van der Waals surface area contributed by atoms with E-state index in [9.17, 15) is 4.79 Å². The first kappa shape index (κ1) is 17.5. The molecule has 3 rings (SSSR count). The molecule has 0 spiro atoms. The van der Waals surface area contributed by atoms with Gasteiger partial charge in [-0.05, 0) is 37.8 Å². The van der Waals surface area contributed by atoms with E-state index >= 15 is 0 Å². The number of carbonyl (C=O) groups excluding carboxylic acids is 1. The van der Waals surface area contributed by atoms with Crippen molar-refractivity contribution in [3.05, 3.63) is 36.0 Å². The molecular weight excluding hydrogens is 318 g/mol. The highest BCUT2D eigenvalue weighted by atomic mass is 16.5. The van der Waals surface area contributed by atoms with Gasteiger partial charge in [0.25, 0.3) is 5.91 Å². The molecule has 6 nitrogen and oxygen atoms in total. The summed E-state index contributed by atoms with van der Waals surface area (Å²) >= 11 is 0. The highest BCUT2D eigenvalue weighted by Gasteiger charge is 2.20. The number of amides is 1. The highest BCUT2D eigenvalue weighted by molar-refractivity contribution is 5.99. The topological polar surface area (TPSA) is 67.5 Å². The Morgan fingerprint density at radius 3 is 3.12 bits per heavy atom. The number of methoxy groups -OCH3 is 1. The molecule has 134 valence electrons. The summed E-state index contributed by atoms with van der Waals surface area (Å²) in [6.07, 6.45) is 6.20. The predicted molar refractivity (Wildman–Crippen MR) is 95.7 cm³/mol.